The van der Waals surface area contributed by atoms with Crippen LogP contribution in [-0.4, -0.2) is 39.0 Å². The SMILES string of the molecule is O=S1(=O)C[C@@H](Cl)[C@H](S(=O)(=O)Cl)C1. The predicted molar refractivity (Wildman–Crippen MR) is 46.9 cm³/mol. The van der Waals surface area contributed by atoms with Crippen molar-refractivity contribution in [3.8, 4) is 0 Å². The van der Waals surface area contributed by atoms with Crippen LogP contribution in [0.5, 0.6) is 0 Å². The molecule has 1 aliphatic rings. The molecule has 0 amide bonds. The fraction of sp³-hybridized carbons (Fsp3) is 1.00. The molecule has 0 radical (unpaired) electrons. The quantitative estimate of drug-likeness (QED) is 0.485. The lowest BCUT2D eigenvalue weighted by molar-refractivity contribution is 0.594. The molecule has 0 aromatic heterocycles. The van der Waals surface area contributed by atoms with Gasteiger partial charge in [-0.05, 0) is 0 Å². The lowest BCUT2D eigenvalue weighted by Gasteiger charge is -2.05. The zero-order valence-corrected chi connectivity index (χ0v) is 8.92. The van der Waals surface area contributed by atoms with Crippen LogP contribution in [0.2, 0.25) is 0 Å². The Labute approximate surface area is 80.2 Å². The molecule has 72 valence electrons. The fourth-order valence-electron chi connectivity index (χ4n) is 1.03. The third kappa shape index (κ3) is 2.25. The summed E-state index contributed by atoms with van der Waals surface area (Å²) in [5.74, 6) is -0.780. The Morgan fingerprint density at radius 2 is 1.75 bits per heavy atom. The van der Waals surface area contributed by atoms with Crippen molar-refractivity contribution in [2.75, 3.05) is 11.5 Å². The summed E-state index contributed by atoms with van der Waals surface area (Å²) in [6.45, 7) is 0. The average molecular weight is 253 g/mol. The van der Waals surface area contributed by atoms with Crippen molar-refractivity contribution >= 4 is 41.2 Å². The van der Waals surface area contributed by atoms with E-state index in [2.05, 4.69) is 0 Å². The summed E-state index contributed by atoms with van der Waals surface area (Å²) in [6.07, 6.45) is 0. The van der Waals surface area contributed by atoms with Gasteiger partial charge in [-0.1, -0.05) is 0 Å². The van der Waals surface area contributed by atoms with Gasteiger partial charge in [0.15, 0.2) is 9.84 Å². The average Bonchev–Trinajstić information content (AvgIpc) is 2.03. The highest BCUT2D eigenvalue weighted by atomic mass is 35.7. The maximum Gasteiger partial charge on any atom is 0.237 e. The molecular formula is C4H6Cl2O4S2. The van der Waals surface area contributed by atoms with Crippen LogP contribution in [0.1, 0.15) is 0 Å². The monoisotopic (exact) mass is 252 g/mol. The summed E-state index contributed by atoms with van der Waals surface area (Å²) >= 11 is 5.50. The van der Waals surface area contributed by atoms with Gasteiger partial charge in [0.1, 0.15) is 5.25 Å². The Bertz CT molecular complexity index is 370. The second kappa shape index (κ2) is 3.01. The number of hydrogen-bond donors (Lipinski definition) is 0. The summed E-state index contributed by atoms with van der Waals surface area (Å²) in [7, 11) is -2.20. The van der Waals surface area contributed by atoms with Crippen LogP contribution in [0.15, 0.2) is 0 Å². The lowest BCUT2D eigenvalue weighted by atomic mass is 10.4. The Morgan fingerprint density at radius 3 is 1.92 bits per heavy atom. The second-order valence-corrected chi connectivity index (χ2v) is 8.17. The first-order valence-corrected chi connectivity index (χ1v) is 7.63. The summed E-state index contributed by atoms with van der Waals surface area (Å²) in [4.78, 5) is 0. The Kier molecular flexibility index (Phi) is 2.65. The minimum absolute atomic E-state index is 0.314. The fourth-order valence-corrected chi connectivity index (χ4v) is 6.63. The van der Waals surface area contributed by atoms with E-state index in [9.17, 15) is 16.8 Å². The van der Waals surface area contributed by atoms with Crippen molar-refractivity contribution in [3.05, 3.63) is 0 Å². The van der Waals surface area contributed by atoms with Crippen LogP contribution in [0, 0.1) is 0 Å². The molecule has 0 spiro atoms. The van der Waals surface area contributed by atoms with E-state index in [4.69, 9.17) is 22.3 Å². The molecule has 1 heterocycles. The van der Waals surface area contributed by atoms with E-state index in [0.29, 0.717) is 0 Å². The van der Waals surface area contributed by atoms with E-state index >= 15 is 0 Å². The van der Waals surface area contributed by atoms with Gasteiger partial charge in [-0.15, -0.1) is 11.6 Å². The van der Waals surface area contributed by atoms with Crippen LogP contribution >= 0.6 is 22.3 Å². The largest absolute Gasteiger partial charge is 0.237 e. The molecule has 1 rings (SSSR count). The normalized spacial score (nSPS) is 35.2. The smallest absolute Gasteiger partial charge is 0.229 e. The second-order valence-electron chi connectivity index (χ2n) is 2.61. The summed E-state index contributed by atoms with van der Waals surface area (Å²) < 4.78 is 43.3. The van der Waals surface area contributed by atoms with Gasteiger partial charge < -0.3 is 0 Å². The summed E-state index contributed by atoms with van der Waals surface area (Å²) in [5.41, 5.74) is 0. The van der Waals surface area contributed by atoms with E-state index in [1.807, 2.05) is 0 Å². The van der Waals surface area contributed by atoms with E-state index in [-0.39, 0.29) is 5.75 Å². The van der Waals surface area contributed by atoms with Crippen LogP contribution < -0.4 is 0 Å². The van der Waals surface area contributed by atoms with Gasteiger partial charge in [0, 0.05) is 10.7 Å². The number of rotatable bonds is 1. The van der Waals surface area contributed by atoms with E-state index in [1.54, 1.807) is 0 Å². The van der Waals surface area contributed by atoms with Crippen molar-refractivity contribution in [1.82, 2.24) is 0 Å². The molecule has 1 saturated heterocycles. The molecular weight excluding hydrogens is 247 g/mol. The number of halogens is 2. The van der Waals surface area contributed by atoms with Crippen molar-refractivity contribution in [3.63, 3.8) is 0 Å². The van der Waals surface area contributed by atoms with E-state index < -0.39 is 35.3 Å². The molecule has 0 N–H and O–H groups in total. The molecule has 1 aliphatic heterocycles. The molecule has 0 unspecified atom stereocenters. The molecule has 0 aromatic carbocycles. The molecule has 12 heavy (non-hydrogen) atoms. The molecule has 8 heteroatoms. The Hall–Kier alpha value is 0.480. The van der Waals surface area contributed by atoms with Gasteiger partial charge in [-0.3, -0.25) is 0 Å². The first-order chi connectivity index (χ1) is 5.22. The zero-order chi connectivity index (χ0) is 9.57. The van der Waals surface area contributed by atoms with Gasteiger partial charge in [0.2, 0.25) is 9.05 Å². The first-order valence-electron chi connectivity index (χ1n) is 3.00. The molecule has 0 saturated carbocycles. The topological polar surface area (TPSA) is 68.3 Å². The minimum atomic E-state index is -3.86. The van der Waals surface area contributed by atoms with Crippen LogP contribution in [0.25, 0.3) is 0 Å². The van der Waals surface area contributed by atoms with Crippen molar-refractivity contribution < 1.29 is 16.8 Å². The van der Waals surface area contributed by atoms with Gasteiger partial charge in [0.05, 0.1) is 16.9 Å². The maximum absolute atomic E-state index is 10.9. The van der Waals surface area contributed by atoms with Crippen LogP contribution in [-0.2, 0) is 18.9 Å². The van der Waals surface area contributed by atoms with Gasteiger partial charge in [-0.2, -0.15) is 0 Å². The third-order valence-electron chi connectivity index (χ3n) is 1.60. The zero-order valence-electron chi connectivity index (χ0n) is 5.77. The van der Waals surface area contributed by atoms with Gasteiger partial charge >= 0.3 is 0 Å². The van der Waals surface area contributed by atoms with Crippen LogP contribution in [0.4, 0.5) is 0 Å². The number of alkyl halides is 1. The standard InChI is InChI=1S/C4H6Cl2O4S2/c5-3-1-11(7,8)2-4(3)12(6,9)10/h3-4H,1-2H2/t3-,4-/m1/s1. The van der Waals surface area contributed by atoms with Crippen molar-refractivity contribution in [2.24, 2.45) is 0 Å². The molecule has 4 nitrogen and oxygen atoms in total. The molecule has 0 bridgehead atoms. The van der Waals surface area contributed by atoms with Gasteiger partial charge in [0.25, 0.3) is 0 Å². The van der Waals surface area contributed by atoms with Crippen molar-refractivity contribution in [2.45, 2.75) is 10.6 Å². The summed E-state index contributed by atoms with van der Waals surface area (Å²) in [6, 6.07) is 0. The molecule has 1 fully saturated rings. The highest BCUT2D eigenvalue weighted by Crippen LogP contribution is 2.26. The lowest BCUT2D eigenvalue weighted by Crippen LogP contribution is -2.25. The minimum Gasteiger partial charge on any atom is -0.229 e. The molecule has 0 aliphatic carbocycles. The summed E-state index contributed by atoms with van der Waals surface area (Å²) in [5, 5.41) is -2.08. The predicted octanol–water partition coefficient (Wildman–Crippen LogP) is -0.0406. The van der Waals surface area contributed by atoms with E-state index in [1.165, 1.54) is 0 Å². The first kappa shape index (κ1) is 10.6. The highest BCUT2D eigenvalue weighted by Gasteiger charge is 2.43. The third-order valence-corrected chi connectivity index (χ3v) is 6.24. The van der Waals surface area contributed by atoms with E-state index in [0.717, 1.165) is 0 Å². The Morgan fingerprint density at radius 1 is 1.25 bits per heavy atom. The van der Waals surface area contributed by atoms with Gasteiger partial charge in [-0.25, -0.2) is 16.8 Å². The highest BCUT2D eigenvalue weighted by molar-refractivity contribution is 8.15. The van der Waals surface area contributed by atoms with Crippen LogP contribution in [0.3, 0.4) is 0 Å². The number of sulfone groups is 1. The molecule has 2 atom stereocenters. The molecule has 0 aromatic rings. The maximum atomic E-state index is 10.9. The number of hydrogen-bond acceptors (Lipinski definition) is 4. The Balaban J connectivity index is 3.01. The van der Waals surface area contributed by atoms with Crippen molar-refractivity contribution in [1.29, 1.82) is 0 Å².